The molecule has 4 N–H and O–H groups in total. The Morgan fingerprint density at radius 3 is 2.59 bits per heavy atom. The average molecular weight is 257 g/mol. The minimum atomic E-state index is -0.498. The number of hydrogen-bond donors (Lipinski definition) is 2. The molecule has 0 saturated heterocycles. The maximum Gasteiger partial charge on any atom is 0.248 e. The van der Waals surface area contributed by atoms with Gasteiger partial charge >= 0.3 is 0 Å². The van der Waals surface area contributed by atoms with Crippen molar-refractivity contribution in [3.63, 3.8) is 0 Å². The molecule has 17 heavy (non-hydrogen) atoms. The van der Waals surface area contributed by atoms with Gasteiger partial charge in [0.25, 0.3) is 0 Å². The number of nitrogens with two attached hydrogens (primary N) is 2. The van der Waals surface area contributed by atoms with Crippen molar-refractivity contribution in [2.75, 3.05) is 6.61 Å². The summed E-state index contributed by atoms with van der Waals surface area (Å²) in [7, 11) is 0. The number of carbonyl (C=O) groups is 1. The Morgan fingerprint density at radius 1 is 1.47 bits per heavy atom. The Hall–Kier alpha value is -1.10. The van der Waals surface area contributed by atoms with Crippen LogP contribution in [0.1, 0.15) is 29.8 Å². The molecule has 0 aliphatic carbocycles. The van der Waals surface area contributed by atoms with Gasteiger partial charge in [-0.2, -0.15) is 0 Å². The summed E-state index contributed by atoms with van der Waals surface area (Å²) in [5.41, 5.74) is 11.7. The smallest absolute Gasteiger partial charge is 0.248 e. The minimum Gasteiger partial charge on any atom is -0.375 e. The van der Waals surface area contributed by atoms with E-state index < -0.39 is 5.91 Å². The van der Waals surface area contributed by atoms with E-state index in [-0.39, 0.29) is 5.54 Å². The fourth-order valence-electron chi connectivity index (χ4n) is 1.24. The molecular weight excluding hydrogens is 240 g/mol. The molecular formula is C12H17ClN2O2. The van der Waals surface area contributed by atoms with Gasteiger partial charge in [-0.1, -0.05) is 17.7 Å². The number of rotatable bonds is 5. The number of carbonyl (C=O) groups excluding carboxylic acids is 1. The van der Waals surface area contributed by atoms with E-state index in [4.69, 9.17) is 27.8 Å². The zero-order valence-electron chi connectivity index (χ0n) is 10.00. The maximum absolute atomic E-state index is 10.9. The molecule has 0 fully saturated rings. The molecule has 4 nitrogen and oxygen atoms in total. The number of hydrogen-bond acceptors (Lipinski definition) is 3. The number of amides is 1. The fraction of sp³-hybridized carbons (Fsp3) is 0.417. The van der Waals surface area contributed by atoms with E-state index in [2.05, 4.69) is 0 Å². The Bertz CT molecular complexity index is 413. The highest BCUT2D eigenvalue weighted by Gasteiger charge is 2.11. The summed E-state index contributed by atoms with van der Waals surface area (Å²) < 4.78 is 5.44. The predicted octanol–water partition coefficient (Wildman–Crippen LogP) is 1.69. The van der Waals surface area contributed by atoms with Gasteiger partial charge in [0.1, 0.15) is 0 Å². The summed E-state index contributed by atoms with van der Waals surface area (Å²) in [5.74, 6) is -0.498. The van der Waals surface area contributed by atoms with Gasteiger partial charge in [0.2, 0.25) is 5.91 Å². The van der Waals surface area contributed by atoms with Crippen molar-refractivity contribution in [2.45, 2.75) is 26.0 Å². The van der Waals surface area contributed by atoms with Crippen LogP contribution in [-0.4, -0.2) is 18.1 Å². The van der Waals surface area contributed by atoms with Gasteiger partial charge in [-0.05, 0) is 31.5 Å². The molecule has 0 aromatic heterocycles. The second kappa shape index (κ2) is 5.49. The van der Waals surface area contributed by atoms with Crippen LogP contribution in [0.4, 0.5) is 0 Å². The molecule has 0 bridgehead atoms. The third-order valence-corrected chi connectivity index (χ3v) is 2.42. The third kappa shape index (κ3) is 4.73. The number of ether oxygens (including phenoxy) is 1. The molecule has 0 unspecified atom stereocenters. The summed E-state index contributed by atoms with van der Waals surface area (Å²) in [5, 5.41) is 0.469. The largest absolute Gasteiger partial charge is 0.375 e. The lowest BCUT2D eigenvalue weighted by Gasteiger charge is -2.18. The van der Waals surface area contributed by atoms with Crippen molar-refractivity contribution in [1.82, 2.24) is 0 Å². The van der Waals surface area contributed by atoms with Crippen LogP contribution >= 0.6 is 11.6 Å². The fourth-order valence-corrected chi connectivity index (χ4v) is 1.48. The lowest BCUT2D eigenvalue weighted by atomic mass is 10.1. The van der Waals surface area contributed by atoms with E-state index in [1.54, 1.807) is 12.1 Å². The van der Waals surface area contributed by atoms with E-state index in [0.717, 1.165) is 5.56 Å². The second-order valence-corrected chi connectivity index (χ2v) is 5.06. The molecule has 0 heterocycles. The lowest BCUT2D eigenvalue weighted by molar-refractivity contribution is 0.0851. The summed E-state index contributed by atoms with van der Waals surface area (Å²) in [6.07, 6.45) is 0. The normalized spacial score (nSPS) is 11.5. The lowest BCUT2D eigenvalue weighted by Crippen LogP contribution is -2.37. The average Bonchev–Trinajstić information content (AvgIpc) is 2.18. The molecule has 5 heteroatoms. The van der Waals surface area contributed by atoms with Gasteiger partial charge in [-0.15, -0.1) is 0 Å². The van der Waals surface area contributed by atoms with E-state index in [1.807, 2.05) is 13.8 Å². The topological polar surface area (TPSA) is 78.3 Å². The molecule has 0 aliphatic heterocycles. The summed E-state index contributed by atoms with van der Waals surface area (Å²) >= 11 is 6.00. The Labute approximate surface area is 106 Å². The monoisotopic (exact) mass is 256 g/mol. The minimum absolute atomic E-state index is 0.360. The molecule has 0 radical (unpaired) electrons. The molecule has 1 aromatic rings. The first-order valence-electron chi connectivity index (χ1n) is 5.24. The van der Waals surface area contributed by atoms with Crippen LogP contribution < -0.4 is 11.5 Å². The summed E-state index contributed by atoms with van der Waals surface area (Å²) in [4.78, 5) is 10.9. The first kappa shape index (κ1) is 14.0. The SMILES string of the molecule is CC(C)(N)COCc1ccc(C(N)=O)cc1Cl. The van der Waals surface area contributed by atoms with Gasteiger partial charge in [-0.3, -0.25) is 4.79 Å². The molecule has 0 atom stereocenters. The van der Waals surface area contributed by atoms with E-state index in [1.165, 1.54) is 6.07 Å². The van der Waals surface area contributed by atoms with Crippen molar-refractivity contribution in [3.8, 4) is 0 Å². The molecule has 0 aliphatic rings. The highest BCUT2D eigenvalue weighted by molar-refractivity contribution is 6.31. The van der Waals surface area contributed by atoms with Crippen LogP contribution in [0.2, 0.25) is 5.02 Å². The van der Waals surface area contributed by atoms with Gasteiger partial charge in [0.15, 0.2) is 0 Å². The van der Waals surface area contributed by atoms with Crippen LogP contribution in [0.5, 0.6) is 0 Å². The summed E-state index contributed by atoms with van der Waals surface area (Å²) in [6.45, 7) is 4.55. The standard InChI is InChI=1S/C12H17ClN2O2/c1-12(2,15)7-17-6-9-4-3-8(11(14)16)5-10(9)13/h3-5H,6-7,15H2,1-2H3,(H2,14,16). The van der Waals surface area contributed by atoms with Gasteiger partial charge in [0, 0.05) is 16.1 Å². The van der Waals surface area contributed by atoms with Crippen LogP contribution in [0.25, 0.3) is 0 Å². The molecule has 1 aromatic carbocycles. The van der Waals surface area contributed by atoms with Crippen LogP contribution in [0, 0.1) is 0 Å². The number of halogens is 1. The van der Waals surface area contributed by atoms with Crippen LogP contribution in [0.15, 0.2) is 18.2 Å². The molecule has 1 rings (SSSR count). The van der Waals surface area contributed by atoms with Crippen LogP contribution in [0.3, 0.4) is 0 Å². The van der Waals surface area contributed by atoms with E-state index in [0.29, 0.717) is 23.8 Å². The zero-order valence-corrected chi connectivity index (χ0v) is 10.8. The molecule has 0 spiro atoms. The zero-order chi connectivity index (χ0) is 13.1. The van der Waals surface area contributed by atoms with Gasteiger partial charge < -0.3 is 16.2 Å². The summed E-state index contributed by atoms with van der Waals surface area (Å²) in [6, 6.07) is 4.89. The van der Waals surface area contributed by atoms with E-state index in [9.17, 15) is 4.79 Å². The Kier molecular flexibility index (Phi) is 4.51. The Morgan fingerprint density at radius 2 is 2.12 bits per heavy atom. The molecule has 94 valence electrons. The van der Waals surface area contributed by atoms with Gasteiger partial charge in [0.05, 0.1) is 13.2 Å². The van der Waals surface area contributed by atoms with Crippen molar-refractivity contribution in [3.05, 3.63) is 34.3 Å². The quantitative estimate of drug-likeness (QED) is 0.842. The van der Waals surface area contributed by atoms with Crippen molar-refractivity contribution in [2.24, 2.45) is 11.5 Å². The molecule has 0 saturated carbocycles. The van der Waals surface area contributed by atoms with E-state index >= 15 is 0 Å². The first-order chi connectivity index (χ1) is 7.79. The highest BCUT2D eigenvalue weighted by atomic mass is 35.5. The second-order valence-electron chi connectivity index (χ2n) is 4.65. The van der Waals surface area contributed by atoms with Gasteiger partial charge in [-0.25, -0.2) is 0 Å². The molecule has 1 amide bonds. The number of primary amides is 1. The number of benzene rings is 1. The van der Waals surface area contributed by atoms with Crippen molar-refractivity contribution < 1.29 is 9.53 Å². The third-order valence-electron chi connectivity index (χ3n) is 2.07. The maximum atomic E-state index is 10.9. The van der Waals surface area contributed by atoms with Crippen LogP contribution in [-0.2, 0) is 11.3 Å². The highest BCUT2D eigenvalue weighted by Crippen LogP contribution is 2.19. The van der Waals surface area contributed by atoms with Crippen molar-refractivity contribution >= 4 is 17.5 Å². The predicted molar refractivity (Wildman–Crippen MR) is 67.9 cm³/mol. The Balaban J connectivity index is 2.64. The first-order valence-corrected chi connectivity index (χ1v) is 5.62. The van der Waals surface area contributed by atoms with Crippen molar-refractivity contribution in [1.29, 1.82) is 0 Å².